The summed E-state index contributed by atoms with van der Waals surface area (Å²) >= 11 is 0. The van der Waals surface area contributed by atoms with Crippen molar-refractivity contribution in [2.24, 2.45) is 0 Å². The van der Waals surface area contributed by atoms with Crippen LogP contribution in [-0.4, -0.2) is 168 Å². The molecule has 0 aliphatic heterocycles. The standard InChI is InChI=1S/2C14H32O4P2.Fe/c2*15-5-1-9-19(10-2-6-16)13-14-20(11-3-7-17)12-4-8-18;/h2*15-18H,1-14H2;/q;;+2/p+4. The van der Waals surface area contributed by atoms with E-state index in [-0.39, 0.29) is 69.9 Å². The van der Waals surface area contributed by atoms with Gasteiger partial charge in [0.1, 0.15) is 0 Å². The van der Waals surface area contributed by atoms with E-state index in [1.54, 1.807) is 0 Å². The Balaban J connectivity index is -0.000000688. The summed E-state index contributed by atoms with van der Waals surface area (Å²) in [6.07, 6.45) is 21.5. The molecular formula is C28H68FeO8P4+6. The number of aliphatic hydroxyl groups excluding tert-OH is 8. The van der Waals surface area contributed by atoms with Gasteiger partial charge in [0.05, 0.1) is 73.9 Å². The topological polar surface area (TPSA) is 162 Å². The molecule has 13 heteroatoms. The monoisotopic (exact) mass is 712 g/mol. The normalized spacial score (nSPS) is 11.4. The minimum Gasteiger partial charge on any atom is -0.396 e. The van der Waals surface area contributed by atoms with Crippen molar-refractivity contribution < 1.29 is 57.9 Å². The molecule has 250 valence electrons. The van der Waals surface area contributed by atoms with Crippen LogP contribution in [0.3, 0.4) is 0 Å². The van der Waals surface area contributed by atoms with Gasteiger partial charge in [-0.15, -0.1) is 0 Å². The molecule has 0 aromatic heterocycles. The fraction of sp³-hybridized carbons (Fsp3) is 1.00. The van der Waals surface area contributed by atoms with Crippen molar-refractivity contribution in [1.82, 2.24) is 0 Å². The maximum absolute atomic E-state index is 8.97. The molecule has 0 aliphatic carbocycles. The Kier molecular flexibility index (Phi) is 46.1. The maximum Gasteiger partial charge on any atom is 2.00 e. The third-order valence-electron chi connectivity index (χ3n) is 7.17. The molecule has 0 radical (unpaired) electrons. The summed E-state index contributed by atoms with van der Waals surface area (Å²) in [6.45, 7) is 2.22. The molecule has 0 aromatic rings. The Bertz CT molecular complexity index is 367. The molecule has 0 rings (SSSR count). The summed E-state index contributed by atoms with van der Waals surface area (Å²) in [5.74, 6) is 0. The Morgan fingerprint density at radius 2 is 0.341 bits per heavy atom. The zero-order valence-electron chi connectivity index (χ0n) is 25.7. The van der Waals surface area contributed by atoms with Gasteiger partial charge in [0.2, 0.25) is 0 Å². The predicted molar refractivity (Wildman–Crippen MR) is 185 cm³/mol. The Hall–Kier alpha value is 1.92. The molecule has 8 N–H and O–H groups in total. The smallest absolute Gasteiger partial charge is 0.396 e. The van der Waals surface area contributed by atoms with Crippen LogP contribution in [0.2, 0.25) is 0 Å². The van der Waals surface area contributed by atoms with Crippen LogP contribution < -0.4 is 0 Å². The number of aliphatic hydroxyl groups is 8. The number of hydrogen-bond donors (Lipinski definition) is 8. The molecule has 0 unspecified atom stereocenters. The van der Waals surface area contributed by atoms with E-state index in [0.717, 1.165) is 101 Å². The zero-order valence-corrected chi connectivity index (χ0v) is 30.8. The first-order valence-electron chi connectivity index (χ1n) is 15.8. The van der Waals surface area contributed by atoms with Crippen molar-refractivity contribution in [3.05, 3.63) is 0 Å². The second-order valence-corrected chi connectivity index (χ2v) is 22.6. The van der Waals surface area contributed by atoms with Gasteiger partial charge in [-0.2, -0.15) is 0 Å². The van der Waals surface area contributed by atoms with Crippen molar-refractivity contribution in [3.8, 4) is 0 Å². The zero-order chi connectivity index (χ0) is 30.1. The molecule has 0 atom stereocenters. The number of hydrogen-bond acceptors (Lipinski definition) is 8. The van der Waals surface area contributed by atoms with Gasteiger partial charge in [-0.1, -0.05) is 0 Å². The molecule has 0 heterocycles. The van der Waals surface area contributed by atoms with E-state index in [1.807, 2.05) is 0 Å². The minimum absolute atomic E-state index is 0. The van der Waals surface area contributed by atoms with Gasteiger partial charge in [0.25, 0.3) is 0 Å². The van der Waals surface area contributed by atoms with Crippen LogP contribution in [0.1, 0.15) is 51.4 Å². The average molecular weight is 713 g/mol. The molecule has 0 fully saturated rings. The largest absolute Gasteiger partial charge is 2.00 e. The third kappa shape index (κ3) is 34.6. The van der Waals surface area contributed by atoms with Gasteiger partial charge in [0, 0.05) is 136 Å². The van der Waals surface area contributed by atoms with Crippen molar-refractivity contribution >= 4 is 31.7 Å². The van der Waals surface area contributed by atoms with Crippen LogP contribution >= 0.6 is 31.7 Å². The Morgan fingerprint density at radius 3 is 0.439 bits per heavy atom. The van der Waals surface area contributed by atoms with E-state index in [0.29, 0.717) is 0 Å². The van der Waals surface area contributed by atoms with Crippen LogP contribution in [0.15, 0.2) is 0 Å². The maximum atomic E-state index is 8.97. The first-order valence-corrected chi connectivity index (χ1v) is 24.3. The average Bonchev–Trinajstić information content (AvgIpc) is 2.98. The summed E-state index contributed by atoms with van der Waals surface area (Å²) in [4.78, 5) is 0. The molecule has 0 bridgehead atoms. The summed E-state index contributed by atoms with van der Waals surface area (Å²) in [5, 5.41) is 71.7. The molecule has 0 aromatic carbocycles. The van der Waals surface area contributed by atoms with E-state index < -0.39 is 31.7 Å². The minimum atomic E-state index is -0.433. The van der Waals surface area contributed by atoms with Gasteiger partial charge in [-0.25, -0.2) is 0 Å². The van der Waals surface area contributed by atoms with Crippen molar-refractivity contribution in [2.75, 3.05) is 127 Å². The molecule has 8 nitrogen and oxygen atoms in total. The van der Waals surface area contributed by atoms with Crippen LogP contribution in [0.5, 0.6) is 0 Å². The summed E-state index contributed by atoms with van der Waals surface area (Å²) < 4.78 is 0. The molecule has 0 amide bonds. The second-order valence-electron chi connectivity index (χ2n) is 10.6. The van der Waals surface area contributed by atoms with Crippen LogP contribution in [-0.2, 0) is 17.1 Å². The molecule has 0 saturated carbocycles. The van der Waals surface area contributed by atoms with E-state index in [1.165, 1.54) is 24.6 Å². The van der Waals surface area contributed by atoms with Crippen molar-refractivity contribution in [2.45, 2.75) is 51.4 Å². The number of rotatable bonds is 30. The second kappa shape index (κ2) is 39.9. The summed E-state index contributed by atoms with van der Waals surface area (Å²) in [6, 6.07) is 0. The van der Waals surface area contributed by atoms with Crippen molar-refractivity contribution in [1.29, 1.82) is 0 Å². The molecular weight excluding hydrogens is 644 g/mol. The first-order chi connectivity index (χ1) is 19.6. The van der Waals surface area contributed by atoms with Crippen molar-refractivity contribution in [3.63, 3.8) is 0 Å². The first kappa shape index (κ1) is 47.3. The Morgan fingerprint density at radius 1 is 0.220 bits per heavy atom. The fourth-order valence-corrected chi connectivity index (χ4v) is 18.8. The molecule has 41 heavy (non-hydrogen) atoms. The summed E-state index contributed by atoms with van der Waals surface area (Å²) in [7, 11) is -1.73. The van der Waals surface area contributed by atoms with Crippen LogP contribution in [0.4, 0.5) is 0 Å². The SMILES string of the molecule is OCCC[PH+](CCCO)CC[PH+](CCCO)CCCO.OCCC[PH+](CCCO)CC[PH+](CCCO)CCCO.[Fe+2]. The fourth-order valence-electron chi connectivity index (χ4n) is 4.84. The predicted octanol–water partition coefficient (Wildman–Crippen LogP) is 1.89. The molecule has 0 spiro atoms. The van der Waals surface area contributed by atoms with Crippen LogP contribution in [0, 0.1) is 0 Å². The summed E-state index contributed by atoms with van der Waals surface area (Å²) in [5.41, 5.74) is 0. The van der Waals surface area contributed by atoms with Gasteiger partial charge in [-0.3, -0.25) is 0 Å². The van der Waals surface area contributed by atoms with Gasteiger partial charge >= 0.3 is 17.1 Å². The molecule has 0 saturated heterocycles. The molecule has 0 aliphatic rings. The van der Waals surface area contributed by atoms with E-state index in [4.69, 9.17) is 40.9 Å². The Labute approximate surface area is 267 Å². The van der Waals surface area contributed by atoms with Crippen LogP contribution in [0.25, 0.3) is 0 Å². The third-order valence-corrected chi connectivity index (χ3v) is 20.5. The van der Waals surface area contributed by atoms with Gasteiger partial charge < -0.3 is 40.9 Å². The van der Waals surface area contributed by atoms with E-state index in [9.17, 15) is 0 Å². The van der Waals surface area contributed by atoms with E-state index >= 15 is 0 Å². The van der Waals surface area contributed by atoms with Gasteiger partial charge in [0.15, 0.2) is 0 Å². The quantitative estimate of drug-likeness (QED) is 0.0414. The van der Waals surface area contributed by atoms with Gasteiger partial charge in [-0.05, 0) is 0 Å². The van der Waals surface area contributed by atoms with E-state index in [2.05, 4.69) is 0 Å².